The molecule has 4 aromatic carbocycles. The molecule has 0 N–H and O–H groups in total. The van der Waals surface area contributed by atoms with Crippen LogP contribution in [0.15, 0.2) is 107 Å². The number of aryl methyl sites for hydroxylation is 4. The van der Waals surface area contributed by atoms with Gasteiger partial charge in [-0.05, 0) is 99.9 Å². The first-order valence-corrected chi connectivity index (χ1v) is 28.2. The van der Waals surface area contributed by atoms with Gasteiger partial charge in [-0.2, -0.15) is 52.7 Å². The van der Waals surface area contributed by atoms with E-state index in [0.717, 1.165) is 71.0 Å². The van der Waals surface area contributed by atoms with Crippen molar-refractivity contribution in [3.05, 3.63) is 161 Å². The summed E-state index contributed by atoms with van der Waals surface area (Å²) in [6.45, 7) is 8.86. The van der Waals surface area contributed by atoms with Crippen LogP contribution < -0.4 is 0 Å². The molecular formula is C60H46F12N2S4. The lowest BCUT2D eigenvalue weighted by Crippen LogP contribution is -2.49. The van der Waals surface area contributed by atoms with Gasteiger partial charge >= 0.3 is 35.5 Å². The average Bonchev–Trinajstić information content (AvgIpc) is 3.16. The Hall–Kier alpha value is -5.82. The van der Waals surface area contributed by atoms with Crippen LogP contribution >= 0.6 is 45.3 Å². The number of fused-ring (bicyclic) bond motifs is 2. The second-order valence-electron chi connectivity index (χ2n) is 20.2. The molecule has 404 valence electrons. The molecule has 8 aromatic rings. The number of halogens is 12. The summed E-state index contributed by atoms with van der Waals surface area (Å²) >= 11 is 4.28. The highest BCUT2D eigenvalue weighted by Gasteiger charge is 2.82. The van der Waals surface area contributed by atoms with E-state index < -0.39 is 57.8 Å². The number of benzene rings is 4. The maximum atomic E-state index is 16.1. The number of rotatable bonds is 10. The molecule has 11 rings (SSSR count). The Morgan fingerprint density at radius 3 is 1.05 bits per heavy atom. The highest BCUT2D eigenvalue weighted by atomic mass is 32.1. The average molecular weight is 1150 g/mol. The van der Waals surface area contributed by atoms with E-state index in [1.807, 2.05) is 0 Å². The van der Waals surface area contributed by atoms with Gasteiger partial charge in [0.15, 0.2) is 0 Å². The topological polar surface area (TPSA) is 24.7 Å². The predicted octanol–water partition coefficient (Wildman–Crippen LogP) is 19.9. The van der Waals surface area contributed by atoms with Crippen molar-refractivity contribution in [1.29, 1.82) is 0 Å². The van der Waals surface area contributed by atoms with Crippen LogP contribution in [-0.4, -0.2) is 60.0 Å². The van der Waals surface area contributed by atoms with Crippen molar-refractivity contribution in [3.63, 3.8) is 0 Å². The van der Waals surface area contributed by atoms with Gasteiger partial charge in [0.05, 0.1) is 12.1 Å². The largest absolute Gasteiger partial charge is 0.380 e. The van der Waals surface area contributed by atoms with Crippen molar-refractivity contribution in [2.45, 2.75) is 115 Å². The highest BCUT2D eigenvalue weighted by molar-refractivity contribution is 7.20. The first-order valence-electron chi connectivity index (χ1n) is 25.0. The van der Waals surface area contributed by atoms with E-state index in [4.69, 9.17) is 9.98 Å². The number of nitrogens with zero attached hydrogens (tertiary/aromatic N) is 2. The molecule has 0 radical (unpaired) electrons. The molecular weight excluding hydrogens is 1100 g/mol. The molecule has 78 heavy (non-hydrogen) atoms. The maximum absolute atomic E-state index is 16.1. The van der Waals surface area contributed by atoms with Crippen molar-refractivity contribution >= 4 is 100 Å². The molecule has 0 saturated heterocycles. The van der Waals surface area contributed by atoms with Crippen LogP contribution in [0.4, 0.5) is 52.7 Å². The van der Waals surface area contributed by atoms with Crippen molar-refractivity contribution in [2.75, 3.05) is 0 Å². The van der Waals surface area contributed by atoms with Crippen molar-refractivity contribution in [1.82, 2.24) is 0 Å². The summed E-state index contributed by atoms with van der Waals surface area (Å²) in [4.78, 5) is 11.6. The van der Waals surface area contributed by atoms with Gasteiger partial charge in [0, 0.05) is 106 Å². The van der Waals surface area contributed by atoms with E-state index in [1.54, 1.807) is 97.4 Å². The number of hydrogen-bond donors (Lipinski definition) is 0. The number of alkyl halides is 12. The van der Waals surface area contributed by atoms with Gasteiger partial charge in [0.2, 0.25) is 0 Å². The Labute approximate surface area is 457 Å². The van der Waals surface area contributed by atoms with E-state index in [9.17, 15) is 0 Å². The zero-order valence-corrected chi connectivity index (χ0v) is 45.7. The Morgan fingerprint density at radius 1 is 0.397 bits per heavy atom. The molecule has 1 saturated carbocycles. The summed E-state index contributed by atoms with van der Waals surface area (Å²) in [5.41, 5.74) is -3.71. The second-order valence-corrected chi connectivity index (χ2v) is 25.2. The van der Waals surface area contributed by atoms with Gasteiger partial charge < -0.3 is 0 Å². The molecule has 0 unspecified atom stereocenters. The van der Waals surface area contributed by atoms with E-state index >= 15 is 52.7 Å². The molecule has 0 amide bonds. The number of thiophene rings is 4. The van der Waals surface area contributed by atoms with Crippen LogP contribution in [0.2, 0.25) is 0 Å². The Balaban J connectivity index is 0.836. The van der Waals surface area contributed by atoms with Crippen molar-refractivity contribution in [3.8, 4) is 20.9 Å². The molecule has 3 aliphatic carbocycles. The first-order chi connectivity index (χ1) is 36.7. The zero-order chi connectivity index (χ0) is 55.8. The fourth-order valence-electron chi connectivity index (χ4n) is 11.6. The summed E-state index contributed by atoms with van der Waals surface area (Å²) in [7, 11) is 0. The minimum Gasteiger partial charge on any atom is -0.287 e. The summed E-state index contributed by atoms with van der Waals surface area (Å²) in [5, 5.41) is 0.401. The molecule has 0 bridgehead atoms. The molecule has 4 aromatic heterocycles. The lowest BCUT2D eigenvalue weighted by atomic mass is 9.90. The van der Waals surface area contributed by atoms with Crippen LogP contribution in [0, 0.1) is 41.5 Å². The molecule has 1 fully saturated rings. The molecule has 0 aliphatic heterocycles. The summed E-state index contributed by atoms with van der Waals surface area (Å²) < 4.78 is 191. The van der Waals surface area contributed by atoms with E-state index in [-0.39, 0.29) is 75.7 Å². The first kappa shape index (κ1) is 54.2. The maximum Gasteiger partial charge on any atom is 0.380 e. The van der Waals surface area contributed by atoms with Gasteiger partial charge in [-0.25, -0.2) is 0 Å². The second kappa shape index (κ2) is 18.9. The molecule has 2 nitrogen and oxygen atoms in total. The Morgan fingerprint density at radius 2 is 0.705 bits per heavy atom. The third kappa shape index (κ3) is 7.98. The van der Waals surface area contributed by atoms with Gasteiger partial charge in [0.1, 0.15) is 0 Å². The SMILES string of the molecule is Cc1sc(-c2ccc(C=N[C@@H]3CCCC[C@H]3N=Cc3ccc(-c4sc(C)c(C5=C(c6c(C)sc7ccccc67)C(F)(F)C(F)(F)C5(F)F)c4C)cc3)cc2)c(C)c1C1=C(c2c(C)sc3ccccc23)C(F)(F)C(F)(F)C1(F)F. The lowest BCUT2D eigenvalue weighted by Gasteiger charge is -2.26. The number of aliphatic imine (C=N–C) groups is 2. The van der Waals surface area contributed by atoms with Crippen LogP contribution in [0.1, 0.15) is 89.7 Å². The summed E-state index contributed by atoms with van der Waals surface area (Å²) in [6.07, 6.45) is 6.78. The van der Waals surface area contributed by atoms with Gasteiger partial charge in [-0.15, -0.1) is 45.3 Å². The third-order valence-electron chi connectivity index (χ3n) is 15.4. The van der Waals surface area contributed by atoms with E-state index in [2.05, 4.69) is 0 Å². The van der Waals surface area contributed by atoms with Crippen LogP contribution in [0.5, 0.6) is 0 Å². The quantitative estimate of drug-likeness (QED) is 0.0963. The number of hydrogen-bond acceptors (Lipinski definition) is 6. The Bertz CT molecular complexity index is 3600. The summed E-state index contributed by atoms with van der Waals surface area (Å²) in [5.74, 6) is -32.1. The van der Waals surface area contributed by atoms with E-state index in [0.29, 0.717) is 41.4 Å². The fourth-order valence-corrected chi connectivity index (χ4v) is 16.1. The van der Waals surface area contributed by atoms with Gasteiger partial charge in [-0.3, -0.25) is 9.98 Å². The van der Waals surface area contributed by atoms with Crippen molar-refractivity contribution < 1.29 is 52.7 Å². The minimum atomic E-state index is -5.69. The van der Waals surface area contributed by atoms with Gasteiger partial charge in [-0.1, -0.05) is 97.8 Å². The number of allylic oxidation sites excluding steroid dienone is 4. The molecule has 2 atom stereocenters. The molecule has 18 heteroatoms. The smallest absolute Gasteiger partial charge is 0.287 e. The van der Waals surface area contributed by atoms with Crippen molar-refractivity contribution in [2.24, 2.45) is 9.98 Å². The van der Waals surface area contributed by atoms with Gasteiger partial charge in [0.25, 0.3) is 0 Å². The monoisotopic (exact) mass is 1150 g/mol. The highest BCUT2D eigenvalue weighted by Crippen LogP contribution is 2.69. The molecule has 3 aliphatic rings. The fraction of sp³-hybridized carbons (Fsp3) is 0.300. The Kier molecular flexibility index (Phi) is 13.1. The summed E-state index contributed by atoms with van der Waals surface area (Å²) in [6, 6.07) is 26.4. The standard InChI is InChI=1S/C60H46F12N2S4/c1-29-45(49-51(57(65,66)59(69,70)55(49,61)62)47-33(5)75-43-17-11-7-13-39(43)47)31(3)77-53(29)37-23-19-35(20-24-37)27-73-41-15-9-10-16-42(41)74-28-36-21-25-38(26-22-36)54-30(2)46(32(4)78-54)50-52(58(67,68)60(71,72)56(50,63)64)48-34(6)76-44-18-12-8-14-40(44)48/h7-8,11-14,17-28,41-42H,9-10,15-16H2,1-6H3/t41-,42-/m1/s1. The van der Waals surface area contributed by atoms with Crippen LogP contribution in [0.3, 0.4) is 0 Å². The van der Waals surface area contributed by atoms with E-state index in [1.165, 1.54) is 53.7 Å². The van der Waals surface area contributed by atoms with Crippen LogP contribution in [-0.2, 0) is 0 Å². The molecule has 0 spiro atoms. The van der Waals surface area contributed by atoms with Crippen LogP contribution in [0.25, 0.3) is 63.3 Å². The third-order valence-corrected chi connectivity index (χ3v) is 20.1. The normalized spacial score (nSPS) is 21.4. The predicted molar refractivity (Wildman–Crippen MR) is 296 cm³/mol. The zero-order valence-electron chi connectivity index (χ0n) is 42.4. The molecule has 4 heterocycles. The minimum absolute atomic E-state index is 0.182. The lowest BCUT2D eigenvalue weighted by molar-refractivity contribution is -0.254.